The maximum atomic E-state index is 13.1. The van der Waals surface area contributed by atoms with Crippen molar-refractivity contribution in [2.24, 2.45) is 0 Å². The van der Waals surface area contributed by atoms with E-state index < -0.39 is 24.3 Å². The van der Waals surface area contributed by atoms with Gasteiger partial charge in [-0.15, -0.1) is 22.7 Å². The van der Waals surface area contributed by atoms with Crippen LogP contribution in [0.3, 0.4) is 0 Å². The number of carbonyl (C=O) groups excluding carboxylic acids is 2. The maximum Gasteiger partial charge on any atom is 0.348 e. The summed E-state index contributed by atoms with van der Waals surface area (Å²) in [6.07, 6.45) is 0. The van der Waals surface area contributed by atoms with Gasteiger partial charge in [-0.1, -0.05) is 18.2 Å². The second kappa shape index (κ2) is 7.87. The lowest BCUT2D eigenvalue weighted by Crippen LogP contribution is -2.20. The molecule has 1 amide bonds. The Labute approximate surface area is 167 Å². The SMILES string of the molecule is O=C(COC(=O)c1ccc(-c2nc3ccccc3s2)s1)Nc1cccc(F)c1. The summed E-state index contributed by atoms with van der Waals surface area (Å²) in [7, 11) is 0. The number of fused-ring (bicyclic) bond motifs is 1. The molecule has 2 heterocycles. The third kappa shape index (κ3) is 4.08. The second-order valence-corrected chi connectivity index (χ2v) is 7.90. The van der Waals surface area contributed by atoms with Gasteiger partial charge in [0.2, 0.25) is 0 Å². The number of hydrogen-bond donors (Lipinski definition) is 1. The zero-order chi connectivity index (χ0) is 19.5. The van der Waals surface area contributed by atoms with Crippen molar-refractivity contribution in [2.45, 2.75) is 0 Å². The average molecular weight is 412 g/mol. The first-order chi connectivity index (χ1) is 13.6. The maximum absolute atomic E-state index is 13.1. The Bertz CT molecular complexity index is 1140. The zero-order valence-corrected chi connectivity index (χ0v) is 16.0. The van der Waals surface area contributed by atoms with Crippen molar-refractivity contribution in [1.29, 1.82) is 0 Å². The van der Waals surface area contributed by atoms with Crippen LogP contribution in [0.5, 0.6) is 0 Å². The first-order valence-corrected chi connectivity index (χ1v) is 9.90. The molecule has 4 rings (SSSR count). The van der Waals surface area contributed by atoms with Crippen molar-refractivity contribution in [3.05, 3.63) is 71.4 Å². The van der Waals surface area contributed by atoms with E-state index >= 15 is 0 Å². The number of ether oxygens (including phenoxy) is 1. The predicted octanol–water partition coefficient (Wildman–Crippen LogP) is 4.96. The van der Waals surface area contributed by atoms with E-state index in [9.17, 15) is 14.0 Å². The Hall–Kier alpha value is -3.10. The van der Waals surface area contributed by atoms with Crippen molar-refractivity contribution < 1.29 is 18.7 Å². The quantitative estimate of drug-likeness (QED) is 0.471. The summed E-state index contributed by atoms with van der Waals surface area (Å²) >= 11 is 2.81. The Kier molecular flexibility index (Phi) is 5.14. The van der Waals surface area contributed by atoms with Gasteiger partial charge in [-0.3, -0.25) is 4.79 Å². The third-order valence-corrected chi connectivity index (χ3v) is 6.03. The molecule has 0 radical (unpaired) electrons. The van der Waals surface area contributed by atoms with E-state index in [0.717, 1.165) is 20.1 Å². The summed E-state index contributed by atoms with van der Waals surface area (Å²) in [6, 6.07) is 16.8. The van der Waals surface area contributed by atoms with E-state index in [1.54, 1.807) is 23.5 Å². The van der Waals surface area contributed by atoms with Crippen LogP contribution in [0.15, 0.2) is 60.7 Å². The molecule has 0 spiro atoms. The minimum Gasteiger partial charge on any atom is -0.451 e. The molecular formula is C20H13FN2O3S2. The highest BCUT2D eigenvalue weighted by Crippen LogP contribution is 2.34. The van der Waals surface area contributed by atoms with Crippen molar-refractivity contribution in [3.8, 4) is 9.88 Å². The number of amides is 1. The molecule has 4 aromatic rings. The van der Waals surface area contributed by atoms with Crippen LogP contribution in [0, 0.1) is 5.82 Å². The number of nitrogens with one attached hydrogen (secondary N) is 1. The number of benzene rings is 2. The summed E-state index contributed by atoms with van der Waals surface area (Å²) in [4.78, 5) is 29.9. The number of carbonyl (C=O) groups is 2. The number of esters is 1. The minimum atomic E-state index is -0.591. The zero-order valence-electron chi connectivity index (χ0n) is 14.3. The van der Waals surface area contributed by atoms with Crippen LogP contribution in [-0.2, 0) is 9.53 Å². The van der Waals surface area contributed by atoms with Gasteiger partial charge in [-0.05, 0) is 42.5 Å². The number of hydrogen-bond acceptors (Lipinski definition) is 6. The topological polar surface area (TPSA) is 68.3 Å². The number of anilines is 1. The van der Waals surface area contributed by atoms with Gasteiger partial charge in [-0.2, -0.15) is 0 Å². The fourth-order valence-electron chi connectivity index (χ4n) is 2.51. The van der Waals surface area contributed by atoms with Gasteiger partial charge in [0.25, 0.3) is 5.91 Å². The molecule has 28 heavy (non-hydrogen) atoms. The molecule has 0 saturated carbocycles. The average Bonchev–Trinajstić information content (AvgIpc) is 3.33. The third-order valence-electron chi connectivity index (χ3n) is 3.75. The first-order valence-electron chi connectivity index (χ1n) is 8.27. The summed E-state index contributed by atoms with van der Waals surface area (Å²) in [6.45, 7) is -0.455. The van der Waals surface area contributed by atoms with E-state index in [1.165, 1.54) is 29.5 Å². The molecule has 2 aromatic heterocycles. The van der Waals surface area contributed by atoms with Gasteiger partial charge in [0.15, 0.2) is 6.61 Å². The number of nitrogens with zero attached hydrogens (tertiary/aromatic N) is 1. The van der Waals surface area contributed by atoms with Crippen LogP contribution < -0.4 is 5.32 Å². The molecule has 140 valence electrons. The van der Waals surface area contributed by atoms with Gasteiger partial charge in [0.1, 0.15) is 15.7 Å². The van der Waals surface area contributed by atoms with Crippen LogP contribution in [0.2, 0.25) is 0 Å². The Balaban J connectivity index is 1.38. The Morgan fingerprint density at radius 1 is 1.04 bits per heavy atom. The van der Waals surface area contributed by atoms with Crippen molar-refractivity contribution in [3.63, 3.8) is 0 Å². The molecule has 5 nitrogen and oxygen atoms in total. The number of thiophene rings is 1. The van der Waals surface area contributed by atoms with Gasteiger partial charge >= 0.3 is 5.97 Å². The first kappa shape index (κ1) is 18.3. The Morgan fingerprint density at radius 2 is 1.89 bits per heavy atom. The van der Waals surface area contributed by atoms with E-state index in [1.807, 2.05) is 30.3 Å². The summed E-state index contributed by atoms with van der Waals surface area (Å²) in [5.41, 5.74) is 1.21. The van der Waals surface area contributed by atoms with Crippen LogP contribution in [0.1, 0.15) is 9.67 Å². The van der Waals surface area contributed by atoms with Crippen LogP contribution >= 0.6 is 22.7 Å². The fourth-order valence-corrected chi connectivity index (χ4v) is 4.43. The normalized spacial score (nSPS) is 10.8. The molecule has 0 aliphatic rings. The minimum absolute atomic E-state index is 0.301. The van der Waals surface area contributed by atoms with Crippen molar-refractivity contribution in [1.82, 2.24) is 4.98 Å². The fraction of sp³-hybridized carbons (Fsp3) is 0.0500. The molecule has 0 aliphatic carbocycles. The van der Waals surface area contributed by atoms with Crippen molar-refractivity contribution >= 4 is 50.5 Å². The van der Waals surface area contributed by atoms with E-state index in [2.05, 4.69) is 10.3 Å². The number of rotatable bonds is 5. The highest BCUT2D eigenvalue weighted by atomic mass is 32.1. The standard InChI is InChI=1S/C20H13FN2O3S2/c21-12-4-3-5-13(10-12)22-18(24)11-26-20(25)17-9-8-16(27-17)19-23-14-6-1-2-7-15(14)28-19/h1-10H,11H2,(H,22,24). The summed E-state index contributed by atoms with van der Waals surface area (Å²) in [5.74, 6) is -1.59. The van der Waals surface area contributed by atoms with Gasteiger partial charge in [-0.25, -0.2) is 14.2 Å². The smallest absolute Gasteiger partial charge is 0.348 e. The summed E-state index contributed by atoms with van der Waals surface area (Å²) < 4.78 is 19.2. The van der Waals surface area contributed by atoms with Crippen LogP contribution in [0.4, 0.5) is 10.1 Å². The highest BCUT2D eigenvalue weighted by molar-refractivity contribution is 7.26. The molecular weight excluding hydrogens is 399 g/mol. The molecule has 1 N–H and O–H groups in total. The molecule has 8 heteroatoms. The molecule has 0 unspecified atom stereocenters. The lowest BCUT2D eigenvalue weighted by atomic mass is 10.3. The van der Waals surface area contributed by atoms with Crippen molar-refractivity contribution in [2.75, 3.05) is 11.9 Å². The van der Waals surface area contributed by atoms with Gasteiger partial charge < -0.3 is 10.1 Å². The lowest BCUT2D eigenvalue weighted by molar-refractivity contribution is -0.119. The molecule has 0 bridgehead atoms. The highest BCUT2D eigenvalue weighted by Gasteiger charge is 2.15. The molecule has 2 aromatic carbocycles. The van der Waals surface area contributed by atoms with Crippen LogP contribution in [0.25, 0.3) is 20.1 Å². The molecule has 0 aliphatic heterocycles. The second-order valence-electron chi connectivity index (χ2n) is 5.79. The Morgan fingerprint density at radius 3 is 2.71 bits per heavy atom. The molecule has 0 atom stereocenters. The number of halogens is 1. The molecule has 0 fully saturated rings. The monoisotopic (exact) mass is 412 g/mol. The summed E-state index contributed by atoms with van der Waals surface area (Å²) in [5, 5.41) is 3.30. The van der Waals surface area contributed by atoms with Gasteiger partial charge in [0.05, 0.1) is 15.1 Å². The molecule has 0 saturated heterocycles. The van der Waals surface area contributed by atoms with Crippen LogP contribution in [-0.4, -0.2) is 23.5 Å². The van der Waals surface area contributed by atoms with E-state index in [-0.39, 0.29) is 0 Å². The number of aromatic nitrogens is 1. The number of para-hydroxylation sites is 1. The number of thiazole rings is 1. The predicted molar refractivity (Wildman–Crippen MR) is 108 cm³/mol. The van der Waals surface area contributed by atoms with Gasteiger partial charge in [0, 0.05) is 5.69 Å². The largest absolute Gasteiger partial charge is 0.451 e. The van der Waals surface area contributed by atoms with E-state index in [4.69, 9.17) is 4.74 Å². The lowest BCUT2D eigenvalue weighted by Gasteiger charge is -2.05. The van der Waals surface area contributed by atoms with E-state index in [0.29, 0.717) is 10.6 Å².